The molecule has 0 spiro atoms. The number of benzene rings is 1. The second-order valence-electron chi connectivity index (χ2n) is 5.12. The first kappa shape index (κ1) is 13.8. The summed E-state index contributed by atoms with van der Waals surface area (Å²) in [5.74, 6) is -0.470. The van der Waals surface area contributed by atoms with Gasteiger partial charge in [0.2, 0.25) is 0 Å². The van der Waals surface area contributed by atoms with E-state index in [9.17, 15) is 4.79 Å². The van der Waals surface area contributed by atoms with Crippen LogP contribution < -0.4 is 0 Å². The zero-order valence-electron chi connectivity index (χ0n) is 11.4. The lowest BCUT2D eigenvalue weighted by Crippen LogP contribution is -2.59. The fourth-order valence-corrected chi connectivity index (χ4v) is 1.88. The van der Waals surface area contributed by atoms with Crippen molar-refractivity contribution in [3.05, 3.63) is 48.6 Å². The zero-order chi connectivity index (χ0) is 14.1. The van der Waals surface area contributed by atoms with Crippen LogP contribution >= 0.6 is 0 Å². The monoisotopic (exact) mass is 262 g/mol. The number of hydrogen-bond donors (Lipinski definition) is 0. The van der Waals surface area contributed by atoms with Crippen molar-refractivity contribution in [2.24, 2.45) is 0 Å². The smallest absolute Gasteiger partial charge is 0.350 e. The van der Waals surface area contributed by atoms with Crippen molar-refractivity contribution in [3.8, 4) is 0 Å². The van der Waals surface area contributed by atoms with Crippen LogP contribution in [0.15, 0.2) is 43.0 Å². The van der Waals surface area contributed by atoms with E-state index in [2.05, 4.69) is 6.58 Å². The minimum atomic E-state index is -1.19. The van der Waals surface area contributed by atoms with E-state index >= 15 is 0 Å². The molecule has 2 atom stereocenters. The molecule has 0 aromatic heterocycles. The number of rotatable bonds is 4. The van der Waals surface area contributed by atoms with Gasteiger partial charge in [-0.3, -0.25) is 0 Å². The summed E-state index contributed by atoms with van der Waals surface area (Å²) in [6.45, 7) is 8.96. The second kappa shape index (κ2) is 4.79. The molecule has 0 saturated carbocycles. The van der Waals surface area contributed by atoms with Crippen molar-refractivity contribution >= 4 is 5.97 Å². The molecule has 19 heavy (non-hydrogen) atoms. The summed E-state index contributed by atoms with van der Waals surface area (Å²) in [6, 6.07) is 9.21. The molecule has 102 valence electrons. The van der Waals surface area contributed by atoms with E-state index in [4.69, 9.17) is 14.5 Å². The normalized spacial score (nSPS) is 26.4. The molecule has 0 radical (unpaired) electrons. The van der Waals surface area contributed by atoms with E-state index in [1.165, 1.54) is 0 Å². The molecule has 1 saturated heterocycles. The minimum absolute atomic E-state index is 0.400. The maximum Gasteiger partial charge on any atom is 0.350 e. The minimum Gasteiger partial charge on any atom is -0.453 e. The highest BCUT2D eigenvalue weighted by atomic mass is 17.3. The Morgan fingerprint density at radius 1 is 1.42 bits per heavy atom. The van der Waals surface area contributed by atoms with E-state index in [0.717, 1.165) is 5.56 Å². The highest BCUT2D eigenvalue weighted by Gasteiger charge is 2.59. The molecule has 1 fully saturated rings. The molecule has 1 heterocycles. The van der Waals surface area contributed by atoms with Gasteiger partial charge >= 0.3 is 5.97 Å². The fraction of sp³-hybridized carbons (Fsp3) is 0.400. The number of ether oxygens (including phenoxy) is 1. The maximum atomic E-state index is 12.5. The van der Waals surface area contributed by atoms with Crippen molar-refractivity contribution < 1.29 is 19.3 Å². The standard InChI is InChI=1S/C15H18O4/c1-5-14(3,4)17-13(16)15(11(2)18-19-15)12-9-7-6-8-10-12/h5-11H,1H2,2-4H3. The van der Waals surface area contributed by atoms with Crippen molar-refractivity contribution in [1.29, 1.82) is 0 Å². The summed E-state index contributed by atoms with van der Waals surface area (Å²) in [5, 5.41) is 0. The van der Waals surface area contributed by atoms with Crippen LogP contribution in [-0.4, -0.2) is 17.7 Å². The molecular formula is C15H18O4. The Bertz CT molecular complexity index is 480. The lowest BCUT2D eigenvalue weighted by Gasteiger charge is -2.44. The predicted octanol–water partition coefficient (Wildman–Crippen LogP) is 2.74. The summed E-state index contributed by atoms with van der Waals surface area (Å²) in [4.78, 5) is 22.6. The SMILES string of the molecule is C=CC(C)(C)OC(=O)C1(c2ccccc2)OOC1C. The molecule has 0 N–H and O–H groups in total. The Kier molecular flexibility index (Phi) is 3.47. The van der Waals surface area contributed by atoms with Crippen molar-refractivity contribution in [3.63, 3.8) is 0 Å². The summed E-state index contributed by atoms with van der Waals surface area (Å²) in [5.41, 5.74) is -1.22. The molecule has 4 heteroatoms. The van der Waals surface area contributed by atoms with Crippen LogP contribution in [0.2, 0.25) is 0 Å². The first-order chi connectivity index (χ1) is 8.92. The number of carbonyl (C=O) groups is 1. The van der Waals surface area contributed by atoms with Gasteiger partial charge in [0, 0.05) is 5.56 Å². The molecule has 0 amide bonds. The quantitative estimate of drug-likeness (QED) is 0.475. The van der Waals surface area contributed by atoms with Crippen molar-refractivity contribution in [1.82, 2.24) is 0 Å². The topological polar surface area (TPSA) is 44.8 Å². The van der Waals surface area contributed by atoms with Crippen LogP contribution in [0, 0.1) is 0 Å². The molecule has 4 nitrogen and oxygen atoms in total. The van der Waals surface area contributed by atoms with Crippen LogP contribution in [0.3, 0.4) is 0 Å². The van der Waals surface area contributed by atoms with Gasteiger partial charge in [-0.25, -0.2) is 14.6 Å². The Morgan fingerprint density at radius 3 is 2.47 bits per heavy atom. The first-order valence-electron chi connectivity index (χ1n) is 6.19. The average Bonchev–Trinajstić information content (AvgIpc) is 2.38. The highest BCUT2D eigenvalue weighted by Crippen LogP contribution is 2.42. The van der Waals surface area contributed by atoms with Crippen LogP contribution in [0.25, 0.3) is 0 Å². The van der Waals surface area contributed by atoms with Gasteiger partial charge in [0.1, 0.15) is 11.7 Å². The van der Waals surface area contributed by atoms with Crippen LogP contribution in [0.4, 0.5) is 0 Å². The summed E-state index contributed by atoms with van der Waals surface area (Å²) in [6.07, 6.45) is 1.18. The maximum absolute atomic E-state index is 12.5. The third-order valence-electron chi connectivity index (χ3n) is 3.25. The number of esters is 1. The number of carbonyl (C=O) groups excluding carboxylic acids is 1. The lowest BCUT2D eigenvalue weighted by molar-refractivity contribution is -0.501. The van der Waals surface area contributed by atoms with E-state index in [-0.39, 0.29) is 0 Å². The molecule has 2 unspecified atom stereocenters. The van der Waals surface area contributed by atoms with Gasteiger partial charge in [-0.15, -0.1) is 0 Å². The molecule has 2 rings (SSSR count). The molecule has 0 bridgehead atoms. The van der Waals surface area contributed by atoms with E-state index < -0.39 is 23.3 Å². The Hall–Kier alpha value is -1.65. The van der Waals surface area contributed by atoms with Gasteiger partial charge < -0.3 is 4.74 Å². The van der Waals surface area contributed by atoms with Crippen LogP contribution in [0.5, 0.6) is 0 Å². The lowest BCUT2D eigenvalue weighted by atomic mass is 9.87. The Labute approximate surface area is 112 Å². The van der Waals surface area contributed by atoms with E-state index in [1.807, 2.05) is 30.3 Å². The molecule has 0 aliphatic carbocycles. The fourth-order valence-electron chi connectivity index (χ4n) is 1.88. The average molecular weight is 262 g/mol. The van der Waals surface area contributed by atoms with Gasteiger partial charge in [-0.05, 0) is 26.8 Å². The summed E-state index contributed by atoms with van der Waals surface area (Å²) >= 11 is 0. The highest BCUT2D eigenvalue weighted by molar-refractivity contribution is 5.83. The molecule has 1 aromatic carbocycles. The van der Waals surface area contributed by atoms with Crippen molar-refractivity contribution in [2.45, 2.75) is 38.1 Å². The van der Waals surface area contributed by atoms with Gasteiger partial charge in [0.15, 0.2) is 0 Å². The molecule has 1 aliphatic heterocycles. The van der Waals surface area contributed by atoms with Crippen LogP contribution in [-0.2, 0) is 24.9 Å². The Balaban J connectivity index is 2.32. The van der Waals surface area contributed by atoms with Gasteiger partial charge in [-0.2, -0.15) is 0 Å². The molecule has 1 aromatic rings. The van der Waals surface area contributed by atoms with Gasteiger partial charge in [0.25, 0.3) is 5.60 Å². The van der Waals surface area contributed by atoms with Gasteiger partial charge in [0.05, 0.1) is 0 Å². The van der Waals surface area contributed by atoms with E-state index in [1.54, 1.807) is 26.8 Å². The third kappa shape index (κ3) is 2.29. The largest absolute Gasteiger partial charge is 0.453 e. The summed E-state index contributed by atoms with van der Waals surface area (Å²) in [7, 11) is 0. The van der Waals surface area contributed by atoms with Crippen LogP contribution in [0.1, 0.15) is 26.3 Å². The molecule has 1 aliphatic rings. The first-order valence-corrected chi connectivity index (χ1v) is 6.19. The number of hydrogen-bond acceptors (Lipinski definition) is 4. The van der Waals surface area contributed by atoms with Crippen molar-refractivity contribution in [2.75, 3.05) is 0 Å². The van der Waals surface area contributed by atoms with E-state index in [0.29, 0.717) is 0 Å². The van der Waals surface area contributed by atoms with Gasteiger partial charge in [-0.1, -0.05) is 36.9 Å². The predicted molar refractivity (Wildman–Crippen MR) is 70.1 cm³/mol. The summed E-state index contributed by atoms with van der Waals surface area (Å²) < 4.78 is 5.46. The Morgan fingerprint density at radius 2 is 2.05 bits per heavy atom. The second-order valence-corrected chi connectivity index (χ2v) is 5.12. The molecular weight excluding hydrogens is 244 g/mol. The third-order valence-corrected chi connectivity index (χ3v) is 3.25. The zero-order valence-corrected chi connectivity index (χ0v) is 11.4.